The van der Waals surface area contributed by atoms with Crippen LogP contribution in [0.1, 0.15) is 39.7 Å². The van der Waals surface area contributed by atoms with Crippen LogP contribution >= 0.6 is 24.0 Å². The van der Waals surface area contributed by atoms with Crippen LogP contribution in [0.4, 0.5) is 4.79 Å². The molecule has 160 valence electrons. The first kappa shape index (κ1) is 26.3. The lowest BCUT2D eigenvalue weighted by atomic mass is 10.2. The highest BCUT2D eigenvalue weighted by atomic mass is 127. The summed E-state index contributed by atoms with van der Waals surface area (Å²) in [6.07, 6.45) is 0.384. The van der Waals surface area contributed by atoms with Crippen LogP contribution < -0.4 is 15.4 Å². The molecule has 0 aliphatic carbocycles. The summed E-state index contributed by atoms with van der Waals surface area (Å²) in [4.78, 5) is 18.0. The number of nitrogens with zero attached hydrogens (tertiary/aromatic N) is 2. The summed E-state index contributed by atoms with van der Waals surface area (Å²) in [6.45, 7) is 10.2. The summed E-state index contributed by atoms with van der Waals surface area (Å²) in [5.74, 6) is 1.69. The van der Waals surface area contributed by atoms with Crippen LogP contribution in [0.25, 0.3) is 0 Å². The number of alkyl carbamates (subject to hydrolysis) is 1. The maximum atomic E-state index is 11.6. The quantitative estimate of drug-likeness (QED) is 0.244. The standard InChI is InChI=1S/C20H34N4O3.HI/c1-7-26-17-11-9-16(10-12-17)15-24(6)18(21-5)22-13-8-14-23-19(25)27-20(2,3)4;/h9-12H,7-8,13-15H2,1-6H3,(H,21,22)(H,23,25);1H. The molecule has 0 saturated heterocycles. The molecule has 1 rings (SSSR count). The maximum absolute atomic E-state index is 11.6. The Hall–Kier alpha value is -1.71. The molecule has 1 aromatic carbocycles. The summed E-state index contributed by atoms with van der Waals surface area (Å²) in [7, 11) is 3.75. The number of ether oxygens (including phenoxy) is 2. The predicted octanol–water partition coefficient (Wildman–Crippen LogP) is 3.63. The fourth-order valence-corrected chi connectivity index (χ4v) is 2.38. The monoisotopic (exact) mass is 506 g/mol. The third-order valence-electron chi connectivity index (χ3n) is 3.53. The average molecular weight is 506 g/mol. The number of guanidine groups is 1. The number of hydrogen-bond acceptors (Lipinski definition) is 4. The summed E-state index contributed by atoms with van der Waals surface area (Å²) >= 11 is 0. The SMILES string of the molecule is CCOc1ccc(CN(C)C(=NC)NCCCNC(=O)OC(C)(C)C)cc1.I. The Labute approximate surface area is 186 Å². The number of amides is 1. The van der Waals surface area contributed by atoms with Crippen molar-refractivity contribution in [3.8, 4) is 5.75 Å². The van der Waals surface area contributed by atoms with Crippen molar-refractivity contribution in [3.63, 3.8) is 0 Å². The second-order valence-electron chi connectivity index (χ2n) is 7.19. The van der Waals surface area contributed by atoms with Crippen molar-refractivity contribution in [2.45, 2.75) is 46.3 Å². The van der Waals surface area contributed by atoms with Crippen molar-refractivity contribution < 1.29 is 14.3 Å². The molecular weight excluding hydrogens is 471 g/mol. The Kier molecular flexibility index (Phi) is 12.6. The first-order chi connectivity index (χ1) is 12.7. The van der Waals surface area contributed by atoms with E-state index < -0.39 is 5.60 Å². The Balaban J connectivity index is 0.00000729. The van der Waals surface area contributed by atoms with E-state index in [0.717, 1.165) is 24.7 Å². The van der Waals surface area contributed by atoms with E-state index >= 15 is 0 Å². The lowest BCUT2D eigenvalue weighted by molar-refractivity contribution is 0.0527. The molecular formula is C20H35IN4O3. The molecule has 0 radical (unpaired) electrons. The van der Waals surface area contributed by atoms with E-state index in [1.807, 2.05) is 46.9 Å². The minimum Gasteiger partial charge on any atom is -0.494 e. The topological polar surface area (TPSA) is 75.2 Å². The van der Waals surface area contributed by atoms with Gasteiger partial charge in [-0.05, 0) is 51.8 Å². The number of carbonyl (C=O) groups excluding carboxylic acids is 1. The van der Waals surface area contributed by atoms with E-state index in [0.29, 0.717) is 19.7 Å². The van der Waals surface area contributed by atoms with Crippen LogP contribution in [0.3, 0.4) is 0 Å². The molecule has 7 nitrogen and oxygen atoms in total. The van der Waals surface area contributed by atoms with Crippen molar-refractivity contribution in [2.75, 3.05) is 33.8 Å². The van der Waals surface area contributed by atoms with Gasteiger partial charge in [0.25, 0.3) is 0 Å². The average Bonchev–Trinajstić information content (AvgIpc) is 2.58. The van der Waals surface area contributed by atoms with Crippen LogP contribution in [-0.2, 0) is 11.3 Å². The summed E-state index contributed by atoms with van der Waals surface area (Å²) in [5.41, 5.74) is 0.698. The molecule has 2 N–H and O–H groups in total. The van der Waals surface area contributed by atoms with Crippen molar-refractivity contribution in [2.24, 2.45) is 4.99 Å². The van der Waals surface area contributed by atoms with Gasteiger partial charge in [0.15, 0.2) is 5.96 Å². The lowest BCUT2D eigenvalue weighted by Crippen LogP contribution is -2.40. The molecule has 0 fully saturated rings. The molecule has 1 amide bonds. The van der Waals surface area contributed by atoms with Crippen LogP contribution in [-0.4, -0.2) is 56.3 Å². The number of rotatable bonds is 8. The number of nitrogens with one attached hydrogen (secondary N) is 2. The zero-order chi connectivity index (χ0) is 20.3. The van der Waals surface area contributed by atoms with Crippen LogP contribution in [0.2, 0.25) is 0 Å². The smallest absolute Gasteiger partial charge is 0.407 e. The van der Waals surface area contributed by atoms with Crippen molar-refractivity contribution in [3.05, 3.63) is 29.8 Å². The molecule has 0 saturated carbocycles. The third-order valence-corrected chi connectivity index (χ3v) is 3.53. The van der Waals surface area contributed by atoms with Gasteiger partial charge in [-0.1, -0.05) is 12.1 Å². The molecule has 8 heteroatoms. The van der Waals surface area contributed by atoms with Gasteiger partial charge in [-0.25, -0.2) is 4.79 Å². The highest BCUT2D eigenvalue weighted by Gasteiger charge is 2.15. The second-order valence-corrected chi connectivity index (χ2v) is 7.19. The van der Waals surface area contributed by atoms with Gasteiger partial charge < -0.3 is 25.0 Å². The highest BCUT2D eigenvalue weighted by Crippen LogP contribution is 2.13. The van der Waals surface area contributed by atoms with Gasteiger partial charge in [-0.15, -0.1) is 24.0 Å². The normalized spacial score (nSPS) is 11.3. The summed E-state index contributed by atoms with van der Waals surface area (Å²) in [5, 5.41) is 6.05. The zero-order valence-electron chi connectivity index (χ0n) is 17.9. The fraction of sp³-hybridized carbons (Fsp3) is 0.600. The van der Waals surface area contributed by atoms with Gasteiger partial charge in [-0.2, -0.15) is 0 Å². The molecule has 0 spiro atoms. The molecule has 0 heterocycles. The van der Waals surface area contributed by atoms with Crippen LogP contribution in [0.15, 0.2) is 29.3 Å². The Morgan fingerprint density at radius 2 is 1.75 bits per heavy atom. The number of benzene rings is 1. The molecule has 0 bridgehead atoms. The Morgan fingerprint density at radius 3 is 2.29 bits per heavy atom. The van der Waals surface area contributed by atoms with Crippen LogP contribution in [0, 0.1) is 0 Å². The molecule has 0 unspecified atom stereocenters. The van der Waals surface area contributed by atoms with Gasteiger partial charge in [-0.3, -0.25) is 4.99 Å². The van der Waals surface area contributed by atoms with Gasteiger partial charge in [0.1, 0.15) is 11.4 Å². The van der Waals surface area contributed by atoms with Gasteiger partial charge >= 0.3 is 6.09 Å². The predicted molar refractivity (Wildman–Crippen MR) is 125 cm³/mol. The van der Waals surface area contributed by atoms with E-state index in [9.17, 15) is 4.79 Å². The van der Waals surface area contributed by atoms with Crippen LogP contribution in [0.5, 0.6) is 5.75 Å². The second kappa shape index (κ2) is 13.5. The van der Waals surface area contributed by atoms with Gasteiger partial charge in [0, 0.05) is 33.7 Å². The summed E-state index contributed by atoms with van der Waals surface area (Å²) < 4.78 is 10.7. The maximum Gasteiger partial charge on any atom is 0.407 e. The number of carbonyl (C=O) groups is 1. The first-order valence-electron chi connectivity index (χ1n) is 9.35. The number of halogens is 1. The minimum absolute atomic E-state index is 0. The Bertz CT molecular complexity index is 600. The van der Waals surface area contributed by atoms with Crippen molar-refractivity contribution >= 4 is 36.0 Å². The fourth-order valence-electron chi connectivity index (χ4n) is 2.38. The number of hydrogen-bond donors (Lipinski definition) is 2. The van der Waals surface area contributed by atoms with Crippen molar-refractivity contribution in [1.82, 2.24) is 15.5 Å². The van der Waals surface area contributed by atoms with E-state index in [2.05, 4.69) is 32.7 Å². The van der Waals surface area contributed by atoms with Gasteiger partial charge in [0.2, 0.25) is 0 Å². The molecule has 1 aromatic rings. The molecule has 28 heavy (non-hydrogen) atoms. The molecule has 0 aliphatic rings. The highest BCUT2D eigenvalue weighted by molar-refractivity contribution is 14.0. The van der Waals surface area contributed by atoms with Gasteiger partial charge in [0.05, 0.1) is 6.61 Å². The number of aliphatic imine (C=N–C) groups is 1. The minimum atomic E-state index is -0.478. The zero-order valence-corrected chi connectivity index (χ0v) is 20.2. The molecule has 0 aliphatic heterocycles. The van der Waals surface area contributed by atoms with E-state index in [1.54, 1.807) is 7.05 Å². The van der Waals surface area contributed by atoms with Crippen molar-refractivity contribution in [1.29, 1.82) is 0 Å². The Morgan fingerprint density at radius 1 is 1.14 bits per heavy atom. The lowest BCUT2D eigenvalue weighted by Gasteiger charge is -2.22. The molecule has 0 aromatic heterocycles. The largest absolute Gasteiger partial charge is 0.494 e. The first-order valence-corrected chi connectivity index (χ1v) is 9.35. The third kappa shape index (κ3) is 11.2. The van der Waals surface area contributed by atoms with E-state index in [4.69, 9.17) is 9.47 Å². The van der Waals surface area contributed by atoms with E-state index in [-0.39, 0.29) is 30.1 Å². The summed E-state index contributed by atoms with van der Waals surface area (Å²) in [6, 6.07) is 8.06. The molecule has 0 atom stereocenters. The van der Waals surface area contributed by atoms with E-state index in [1.165, 1.54) is 5.56 Å².